The number of nitrogens with zero attached hydrogens (tertiary/aromatic N) is 1. The Bertz CT molecular complexity index is 758. The molecule has 1 aliphatic rings. The molecule has 1 aliphatic heterocycles. The lowest BCUT2D eigenvalue weighted by Gasteiger charge is -2.16. The molecule has 0 spiro atoms. The first-order valence-electron chi connectivity index (χ1n) is 6.46. The number of imide groups is 1. The highest BCUT2D eigenvalue weighted by Crippen LogP contribution is 2.35. The highest BCUT2D eigenvalue weighted by molar-refractivity contribution is 6.36. The molecule has 0 unspecified atom stereocenters. The van der Waals surface area contributed by atoms with Crippen molar-refractivity contribution in [2.24, 2.45) is 0 Å². The van der Waals surface area contributed by atoms with Gasteiger partial charge in [-0.25, -0.2) is 9.29 Å². The summed E-state index contributed by atoms with van der Waals surface area (Å²) in [6.45, 7) is 3.53. The van der Waals surface area contributed by atoms with E-state index in [9.17, 15) is 14.0 Å². The van der Waals surface area contributed by atoms with Gasteiger partial charge in [0, 0.05) is 6.07 Å². The van der Waals surface area contributed by atoms with E-state index in [2.05, 4.69) is 0 Å². The third-order valence-corrected chi connectivity index (χ3v) is 3.69. The van der Waals surface area contributed by atoms with Gasteiger partial charge in [0.2, 0.25) is 0 Å². The van der Waals surface area contributed by atoms with Gasteiger partial charge in [0.25, 0.3) is 11.8 Å². The summed E-state index contributed by atoms with van der Waals surface area (Å²) in [5.41, 5.74) is 8.21. The number of fused-ring (bicyclic) bond motifs is 1. The number of benzene rings is 2. The molecule has 0 aromatic heterocycles. The average molecular weight is 284 g/mol. The third-order valence-electron chi connectivity index (χ3n) is 3.69. The molecule has 0 atom stereocenters. The van der Waals surface area contributed by atoms with Gasteiger partial charge in [-0.3, -0.25) is 9.59 Å². The van der Waals surface area contributed by atoms with Crippen molar-refractivity contribution in [3.63, 3.8) is 0 Å². The fourth-order valence-electron chi connectivity index (χ4n) is 2.61. The molecular formula is C16H13FN2O2. The average Bonchev–Trinajstić information content (AvgIpc) is 2.70. The Kier molecular flexibility index (Phi) is 2.79. The number of anilines is 2. The van der Waals surface area contributed by atoms with E-state index in [1.165, 1.54) is 12.1 Å². The van der Waals surface area contributed by atoms with E-state index in [1.54, 1.807) is 26.0 Å². The number of hydrogen-bond acceptors (Lipinski definition) is 3. The van der Waals surface area contributed by atoms with Crippen molar-refractivity contribution in [2.75, 3.05) is 10.6 Å². The molecular weight excluding hydrogens is 271 g/mol. The standard InChI is InChI=1S/C16H13FN2O2/c1-8-3-4-9(2)14-13(8)15(20)19(16(14)21)12-7-10(17)5-6-11(12)18/h3-7H,18H2,1-2H3. The minimum atomic E-state index is -0.552. The second-order valence-electron chi connectivity index (χ2n) is 5.10. The van der Waals surface area contributed by atoms with Gasteiger partial charge in [-0.2, -0.15) is 0 Å². The Morgan fingerprint density at radius 2 is 1.48 bits per heavy atom. The Morgan fingerprint density at radius 3 is 2.00 bits per heavy atom. The van der Waals surface area contributed by atoms with E-state index < -0.39 is 17.6 Å². The molecule has 0 fully saturated rings. The van der Waals surface area contributed by atoms with Crippen molar-refractivity contribution in [1.82, 2.24) is 0 Å². The van der Waals surface area contributed by atoms with Crippen LogP contribution in [0.2, 0.25) is 0 Å². The molecule has 2 N–H and O–H groups in total. The molecule has 1 heterocycles. The Labute approximate surface area is 121 Å². The summed E-state index contributed by atoms with van der Waals surface area (Å²) >= 11 is 0. The van der Waals surface area contributed by atoms with Crippen LogP contribution in [0.25, 0.3) is 0 Å². The first-order chi connectivity index (χ1) is 9.91. The SMILES string of the molecule is Cc1ccc(C)c2c1C(=O)N(c1cc(F)ccc1N)C2=O. The molecule has 2 aromatic carbocycles. The van der Waals surface area contributed by atoms with Crippen LogP contribution in [0.4, 0.5) is 15.8 Å². The van der Waals surface area contributed by atoms with Crippen LogP contribution in [-0.2, 0) is 0 Å². The van der Waals surface area contributed by atoms with Crippen LogP contribution in [0.5, 0.6) is 0 Å². The quantitative estimate of drug-likeness (QED) is 0.647. The molecule has 0 aliphatic carbocycles. The van der Waals surface area contributed by atoms with E-state index in [4.69, 9.17) is 5.73 Å². The van der Waals surface area contributed by atoms with Gasteiger partial charge < -0.3 is 5.73 Å². The third kappa shape index (κ3) is 1.81. The zero-order valence-electron chi connectivity index (χ0n) is 11.6. The summed E-state index contributed by atoms with van der Waals surface area (Å²) in [4.78, 5) is 26.1. The van der Waals surface area contributed by atoms with Gasteiger partial charge in [-0.05, 0) is 37.1 Å². The number of rotatable bonds is 1. The molecule has 2 aromatic rings. The highest BCUT2D eigenvalue weighted by Gasteiger charge is 2.39. The second kappa shape index (κ2) is 4.41. The maximum atomic E-state index is 13.4. The molecule has 0 saturated heterocycles. The largest absolute Gasteiger partial charge is 0.397 e. The maximum Gasteiger partial charge on any atom is 0.266 e. The number of nitrogens with two attached hydrogens (primary N) is 1. The summed E-state index contributed by atoms with van der Waals surface area (Å²) in [6, 6.07) is 7.21. The van der Waals surface area contributed by atoms with Gasteiger partial charge >= 0.3 is 0 Å². The lowest BCUT2D eigenvalue weighted by molar-refractivity contribution is 0.0926. The van der Waals surface area contributed by atoms with Crippen molar-refractivity contribution < 1.29 is 14.0 Å². The van der Waals surface area contributed by atoms with E-state index >= 15 is 0 Å². The number of carbonyl (C=O) groups is 2. The van der Waals surface area contributed by atoms with Crippen molar-refractivity contribution in [1.29, 1.82) is 0 Å². The molecule has 0 radical (unpaired) electrons. The lowest BCUT2D eigenvalue weighted by atomic mass is 9.99. The predicted molar refractivity (Wildman–Crippen MR) is 77.9 cm³/mol. The van der Waals surface area contributed by atoms with Crippen LogP contribution in [0, 0.1) is 19.7 Å². The minimum Gasteiger partial charge on any atom is -0.397 e. The molecule has 5 heteroatoms. The zero-order chi connectivity index (χ0) is 15.3. The Balaban J connectivity index is 2.23. The van der Waals surface area contributed by atoms with Crippen LogP contribution in [0.15, 0.2) is 30.3 Å². The normalized spacial score (nSPS) is 13.8. The minimum absolute atomic E-state index is 0.0833. The lowest BCUT2D eigenvalue weighted by Crippen LogP contribution is -2.30. The first kappa shape index (κ1) is 13.3. The fraction of sp³-hybridized carbons (Fsp3) is 0.125. The summed E-state index contributed by atoms with van der Waals surface area (Å²) in [7, 11) is 0. The molecule has 21 heavy (non-hydrogen) atoms. The molecule has 3 rings (SSSR count). The number of halogens is 1. The van der Waals surface area contributed by atoms with E-state index in [-0.39, 0.29) is 11.4 Å². The van der Waals surface area contributed by atoms with Crippen molar-refractivity contribution >= 4 is 23.2 Å². The van der Waals surface area contributed by atoms with Crippen LogP contribution >= 0.6 is 0 Å². The monoisotopic (exact) mass is 284 g/mol. The van der Waals surface area contributed by atoms with Gasteiger partial charge in [-0.1, -0.05) is 12.1 Å². The fourth-order valence-corrected chi connectivity index (χ4v) is 2.61. The van der Waals surface area contributed by atoms with Crippen molar-refractivity contribution in [2.45, 2.75) is 13.8 Å². The second-order valence-corrected chi connectivity index (χ2v) is 5.10. The summed E-state index contributed by atoms with van der Waals surface area (Å²) in [6.07, 6.45) is 0. The van der Waals surface area contributed by atoms with Crippen LogP contribution < -0.4 is 10.6 Å². The van der Waals surface area contributed by atoms with Gasteiger partial charge in [0.15, 0.2) is 0 Å². The number of hydrogen-bond donors (Lipinski definition) is 1. The van der Waals surface area contributed by atoms with Crippen molar-refractivity contribution in [3.05, 3.63) is 58.4 Å². The predicted octanol–water partition coefficient (Wildman–Crippen LogP) is 2.83. The molecule has 0 bridgehead atoms. The zero-order valence-corrected chi connectivity index (χ0v) is 11.6. The Hall–Kier alpha value is -2.69. The van der Waals surface area contributed by atoms with Crippen molar-refractivity contribution in [3.8, 4) is 0 Å². The highest BCUT2D eigenvalue weighted by atomic mass is 19.1. The molecule has 106 valence electrons. The molecule has 4 nitrogen and oxygen atoms in total. The van der Waals surface area contributed by atoms with E-state index in [1.807, 2.05) is 0 Å². The summed E-state index contributed by atoms with van der Waals surface area (Å²) < 4.78 is 13.4. The number of nitrogen functional groups attached to an aromatic ring is 1. The smallest absolute Gasteiger partial charge is 0.266 e. The maximum absolute atomic E-state index is 13.4. The Morgan fingerprint density at radius 1 is 0.952 bits per heavy atom. The number of aryl methyl sites for hydroxylation is 2. The number of amides is 2. The van der Waals surface area contributed by atoms with Gasteiger partial charge in [0.05, 0.1) is 22.5 Å². The first-order valence-corrected chi connectivity index (χ1v) is 6.46. The summed E-state index contributed by atoms with van der Waals surface area (Å²) in [5, 5.41) is 0. The topological polar surface area (TPSA) is 63.4 Å². The van der Waals surface area contributed by atoms with E-state index in [0.717, 1.165) is 11.0 Å². The molecule has 2 amide bonds. The summed E-state index contributed by atoms with van der Waals surface area (Å²) in [5.74, 6) is -1.48. The van der Waals surface area contributed by atoms with Crippen LogP contribution in [0.1, 0.15) is 31.8 Å². The van der Waals surface area contributed by atoms with E-state index in [0.29, 0.717) is 22.3 Å². The van der Waals surface area contributed by atoms with Crippen LogP contribution in [-0.4, -0.2) is 11.8 Å². The van der Waals surface area contributed by atoms with Gasteiger partial charge in [-0.15, -0.1) is 0 Å². The van der Waals surface area contributed by atoms with Gasteiger partial charge in [0.1, 0.15) is 5.82 Å². The number of carbonyl (C=O) groups excluding carboxylic acids is 2. The molecule has 0 saturated carbocycles. The van der Waals surface area contributed by atoms with Crippen LogP contribution in [0.3, 0.4) is 0 Å².